The summed E-state index contributed by atoms with van der Waals surface area (Å²) in [6.07, 6.45) is 21.5. The molecule has 0 amide bonds. The molecule has 2 heteroatoms. The van der Waals surface area contributed by atoms with Gasteiger partial charge >= 0.3 is 0 Å². The van der Waals surface area contributed by atoms with Gasteiger partial charge in [-0.25, -0.2) is 9.97 Å². The van der Waals surface area contributed by atoms with Crippen LogP contribution in [0.3, 0.4) is 0 Å². The van der Waals surface area contributed by atoms with Gasteiger partial charge in [0.25, 0.3) is 0 Å². The second-order valence-electron chi connectivity index (χ2n) is 7.47. The number of aryl methyl sites for hydroxylation is 1. The van der Waals surface area contributed by atoms with Crippen molar-refractivity contribution in [2.24, 2.45) is 5.92 Å². The summed E-state index contributed by atoms with van der Waals surface area (Å²) in [5, 5.41) is 0. The van der Waals surface area contributed by atoms with Gasteiger partial charge in [0.2, 0.25) is 0 Å². The van der Waals surface area contributed by atoms with Crippen LogP contribution in [0.15, 0.2) is 12.4 Å². The standard InChI is InChI=1S/C21H36N2/c1-3-5-7-8-9-11-19-16-22-21(23-17-19)20-14-12-18(13-15-20)10-6-4-2/h16-18,20H,3-15H2,1-2H3/t18-,20-. The van der Waals surface area contributed by atoms with Crippen molar-refractivity contribution in [3.63, 3.8) is 0 Å². The van der Waals surface area contributed by atoms with Gasteiger partial charge in [0, 0.05) is 18.3 Å². The zero-order valence-electron chi connectivity index (χ0n) is 15.4. The Balaban J connectivity index is 1.70. The molecule has 0 bridgehead atoms. The van der Waals surface area contributed by atoms with Gasteiger partial charge in [-0.3, -0.25) is 0 Å². The third kappa shape index (κ3) is 6.61. The molecule has 23 heavy (non-hydrogen) atoms. The number of hydrogen-bond acceptors (Lipinski definition) is 2. The number of nitrogens with zero attached hydrogens (tertiary/aromatic N) is 2. The van der Waals surface area contributed by atoms with E-state index in [-0.39, 0.29) is 0 Å². The van der Waals surface area contributed by atoms with Gasteiger partial charge in [-0.05, 0) is 50.0 Å². The first-order valence-corrected chi connectivity index (χ1v) is 10.1. The highest BCUT2D eigenvalue weighted by Gasteiger charge is 2.23. The van der Waals surface area contributed by atoms with Crippen LogP contribution in [0.4, 0.5) is 0 Å². The molecule has 0 atom stereocenters. The smallest absolute Gasteiger partial charge is 0.131 e. The average molecular weight is 317 g/mol. The first kappa shape index (κ1) is 18.4. The normalized spacial score (nSPS) is 21.5. The minimum atomic E-state index is 0.617. The summed E-state index contributed by atoms with van der Waals surface area (Å²) in [4.78, 5) is 9.39. The van der Waals surface area contributed by atoms with Crippen molar-refractivity contribution in [3.8, 4) is 0 Å². The van der Waals surface area contributed by atoms with E-state index in [0.29, 0.717) is 5.92 Å². The molecule has 0 N–H and O–H groups in total. The number of unbranched alkanes of at least 4 members (excludes halogenated alkanes) is 5. The summed E-state index contributed by atoms with van der Waals surface area (Å²) >= 11 is 0. The van der Waals surface area contributed by atoms with Gasteiger partial charge in [0.15, 0.2) is 0 Å². The fraction of sp³-hybridized carbons (Fsp3) is 0.810. The predicted octanol–water partition coefficient (Wildman–Crippen LogP) is 6.45. The average Bonchev–Trinajstić information content (AvgIpc) is 2.61. The Labute approximate surface area is 143 Å². The molecule has 1 fully saturated rings. The molecule has 0 spiro atoms. The van der Waals surface area contributed by atoms with E-state index in [2.05, 4.69) is 26.2 Å². The van der Waals surface area contributed by atoms with Crippen molar-refractivity contribution >= 4 is 0 Å². The molecule has 1 aromatic heterocycles. The minimum absolute atomic E-state index is 0.617. The highest BCUT2D eigenvalue weighted by atomic mass is 14.9. The number of aromatic nitrogens is 2. The Morgan fingerprint density at radius 3 is 2.13 bits per heavy atom. The zero-order valence-corrected chi connectivity index (χ0v) is 15.4. The Kier molecular flexibility index (Phi) is 8.63. The van der Waals surface area contributed by atoms with Crippen molar-refractivity contribution in [2.75, 3.05) is 0 Å². The lowest BCUT2D eigenvalue weighted by atomic mass is 9.79. The maximum absolute atomic E-state index is 4.69. The quantitative estimate of drug-likeness (QED) is 0.463. The monoisotopic (exact) mass is 316 g/mol. The van der Waals surface area contributed by atoms with E-state index in [1.807, 2.05) is 0 Å². The van der Waals surface area contributed by atoms with Crippen LogP contribution in [0.25, 0.3) is 0 Å². The van der Waals surface area contributed by atoms with Gasteiger partial charge in [-0.15, -0.1) is 0 Å². The van der Waals surface area contributed by atoms with Crippen LogP contribution in [0, 0.1) is 5.92 Å². The molecule has 0 aliphatic heterocycles. The van der Waals surface area contributed by atoms with Gasteiger partial charge in [-0.2, -0.15) is 0 Å². The summed E-state index contributed by atoms with van der Waals surface area (Å²) < 4.78 is 0. The topological polar surface area (TPSA) is 25.8 Å². The summed E-state index contributed by atoms with van der Waals surface area (Å²) in [5.41, 5.74) is 1.32. The summed E-state index contributed by atoms with van der Waals surface area (Å²) in [5.74, 6) is 2.69. The first-order chi connectivity index (χ1) is 11.3. The zero-order chi connectivity index (χ0) is 16.3. The number of rotatable bonds is 10. The van der Waals surface area contributed by atoms with Crippen molar-refractivity contribution < 1.29 is 0 Å². The van der Waals surface area contributed by atoms with E-state index in [1.54, 1.807) is 0 Å². The van der Waals surface area contributed by atoms with Gasteiger partial charge in [0.05, 0.1) is 0 Å². The van der Waals surface area contributed by atoms with E-state index >= 15 is 0 Å². The molecule has 0 aromatic carbocycles. The molecular formula is C21H36N2. The third-order valence-electron chi connectivity index (χ3n) is 5.47. The molecule has 1 aliphatic rings. The lowest BCUT2D eigenvalue weighted by Gasteiger charge is -2.27. The lowest BCUT2D eigenvalue weighted by Crippen LogP contribution is -2.15. The van der Waals surface area contributed by atoms with Gasteiger partial charge < -0.3 is 0 Å². The van der Waals surface area contributed by atoms with Crippen LogP contribution >= 0.6 is 0 Å². The summed E-state index contributed by atoms with van der Waals surface area (Å²) in [6.45, 7) is 4.56. The maximum Gasteiger partial charge on any atom is 0.131 e. The van der Waals surface area contributed by atoms with E-state index in [4.69, 9.17) is 9.97 Å². The summed E-state index contributed by atoms with van der Waals surface area (Å²) in [6, 6.07) is 0. The summed E-state index contributed by atoms with van der Waals surface area (Å²) in [7, 11) is 0. The second-order valence-corrected chi connectivity index (χ2v) is 7.47. The van der Waals surface area contributed by atoms with Crippen molar-refractivity contribution in [1.29, 1.82) is 0 Å². The van der Waals surface area contributed by atoms with Crippen LogP contribution in [0.1, 0.15) is 108 Å². The van der Waals surface area contributed by atoms with Crippen LogP contribution in [0.2, 0.25) is 0 Å². The molecule has 130 valence electrons. The van der Waals surface area contributed by atoms with E-state index in [0.717, 1.165) is 18.2 Å². The van der Waals surface area contributed by atoms with Crippen molar-refractivity contribution in [2.45, 2.75) is 103 Å². The predicted molar refractivity (Wildman–Crippen MR) is 98.7 cm³/mol. The maximum atomic E-state index is 4.69. The molecule has 0 saturated heterocycles. The molecule has 1 heterocycles. The van der Waals surface area contributed by atoms with Crippen LogP contribution in [0.5, 0.6) is 0 Å². The van der Waals surface area contributed by atoms with Crippen LogP contribution < -0.4 is 0 Å². The molecule has 2 nitrogen and oxygen atoms in total. The van der Waals surface area contributed by atoms with Crippen molar-refractivity contribution in [1.82, 2.24) is 9.97 Å². The fourth-order valence-corrected chi connectivity index (χ4v) is 3.84. The van der Waals surface area contributed by atoms with E-state index < -0.39 is 0 Å². The highest BCUT2D eigenvalue weighted by Crippen LogP contribution is 2.36. The van der Waals surface area contributed by atoms with Crippen LogP contribution in [-0.2, 0) is 6.42 Å². The largest absolute Gasteiger partial charge is 0.241 e. The van der Waals surface area contributed by atoms with E-state index in [9.17, 15) is 0 Å². The highest BCUT2D eigenvalue weighted by molar-refractivity contribution is 5.08. The molecule has 0 radical (unpaired) electrons. The second kappa shape index (κ2) is 10.8. The lowest BCUT2D eigenvalue weighted by molar-refractivity contribution is 0.298. The molecule has 2 rings (SSSR count). The molecule has 1 saturated carbocycles. The Morgan fingerprint density at radius 2 is 1.48 bits per heavy atom. The Hall–Kier alpha value is -0.920. The molecule has 1 aromatic rings. The molecule has 0 unspecified atom stereocenters. The van der Waals surface area contributed by atoms with Crippen LogP contribution in [-0.4, -0.2) is 9.97 Å². The van der Waals surface area contributed by atoms with Crippen molar-refractivity contribution in [3.05, 3.63) is 23.8 Å². The molecular weight excluding hydrogens is 280 g/mol. The molecule has 1 aliphatic carbocycles. The van der Waals surface area contributed by atoms with Gasteiger partial charge in [-0.1, -0.05) is 58.8 Å². The third-order valence-corrected chi connectivity index (χ3v) is 5.47. The Bertz CT molecular complexity index is 404. The SMILES string of the molecule is CCCCCCCc1cnc([C@H]2CC[C@H](CCCC)CC2)nc1. The Morgan fingerprint density at radius 1 is 0.826 bits per heavy atom. The minimum Gasteiger partial charge on any atom is -0.241 e. The fourth-order valence-electron chi connectivity index (χ4n) is 3.84. The van der Waals surface area contributed by atoms with E-state index in [1.165, 1.54) is 82.6 Å². The van der Waals surface area contributed by atoms with Gasteiger partial charge in [0.1, 0.15) is 5.82 Å². The number of hydrogen-bond donors (Lipinski definition) is 0. The first-order valence-electron chi connectivity index (χ1n) is 10.1.